The van der Waals surface area contributed by atoms with Gasteiger partial charge >= 0.3 is 0 Å². The maximum atomic E-state index is 13.5. The summed E-state index contributed by atoms with van der Waals surface area (Å²) in [4.78, 5) is 17.8. The van der Waals surface area contributed by atoms with E-state index in [1.54, 1.807) is 18.2 Å². The van der Waals surface area contributed by atoms with Crippen LogP contribution < -0.4 is 10.9 Å². The summed E-state index contributed by atoms with van der Waals surface area (Å²) < 4.78 is 30.6. The Bertz CT molecular complexity index is 1580. The number of benzene rings is 2. The molecule has 0 amide bonds. The van der Waals surface area contributed by atoms with Crippen LogP contribution in [0.4, 0.5) is 5.69 Å². The largest absolute Gasteiger partial charge is 0.506 e. The Morgan fingerprint density at radius 1 is 1.06 bits per heavy atom. The molecule has 0 fully saturated rings. The van der Waals surface area contributed by atoms with Crippen LogP contribution in [0.15, 0.2) is 80.9 Å². The minimum atomic E-state index is -4.08. The summed E-state index contributed by atoms with van der Waals surface area (Å²) in [6.07, 6.45) is 1.38. The van der Waals surface area contributed by atoms with Gasteiger partial charge in [-0.3, -0.25) is 9.36 Å². The molecule has 1 aliphatic rings. The molecule has 2 aromatic carbocycles. The Hall–Kier alpha value is -3.69. The predicted octanol–water partition coefficient (Wildman–Crippen LogP) is 3.36. The molecule has 0 saturated heterocycles. The van der Waals surface area contributed by atoms with E-state index in [9.17, 15) is 18.3 Å². The summed E-state index contributed by atoms with van der Waals surface area (Å²) in [7, 11) is -4.08. The number of para-hydroxylation sites is 1. The Balaban J connectivity index is 1.79. The molecule has 32 heavy (non-hydrogen) atoms. The van der Waals surface area contributed by atoms with Crippen molar-refractivity contribution in [2.24, 2.45) is 4.40 Å². The highest BCUT2D eigenvalue weighted by molar-refractivity contribution is 7.90. The molecule has 2 N–H and O–H groups in total. The average Bonchev–Trinajstić information content (AvgIpc) is 2.77. The fraction of sp³-hybridized carbons (Fsp3) is 0.0455. The number of pyridine rings is 2. The van der Waals surface area contributed by atoms with E-state index in [4.69, 9.17) is 11.6 Å². The molecule has 0 atom stereocenters. The van der Waals surface area contributed by atoms with Crippen molar-refractivity contribution >= 4 is 44.2 Å². The van der Waals surface area contributed by atoms with Gasteiger partial charge in [0.15, 0.2) is 5.84 Å². The van der Waals surface area contributed by atoms with E-state index in [1.165, 1.54) is 22.9 Å². The normalized spacial score (nSPS) is 14.5. The van der Waals surface area contributed by atoms with Crippen LogP contribution in [0.1, 0.15) is 11.1 Å². The number of rotatable bonds is 3. The number of anilines is 1. The van der Waals surface area contributed by atoms with E-state index >= 15 is 0 Å². The lowest BCUT2D eigenvalue weighted by atomic mass is 10.1. The molecule has 0 unspecified atom stereocenters. The van der Waals surface area contributed by atoms with Crippen molar-refractivity contribution < 1.29 is 13.5 Å². The lowest BCUT2D eigenvalue weighted by Gasteiger charge is -2.20. The zero-order valence-electron chi connectivity index (χ0n) is 16.4. The summed E-state index contributed by atoms with van der Waals surface area (Å²) in [5.74, 6) is -0.722. The highest BCUT2D eigenvalue weighted by Crippen LogP contribution is 2.32. The molecule has 2 aromatic heterocycles. The third-order valence-electron chi connectivity index (χ3n) is 5.09. The topological polar surface area (TPSA) is 114 Å². The first-order valence-electron chi connectivity index (χ1n) is 9.51. The Kier molecular flexibility index (Phi) is 4.72. The number of aromatic hydroxyl groups is 1. The van der Waals surface area contributed by atoms with Crippen molar-refractivity contribution in [2.45, 2.75) is 11.4 Å². The zero-order valence-corrected chi connectivity index (χ0v) is 17.9. The van der Waals surface area contributed by atoms with Gasteiger partial charge in [-0.05, 0) is 23.8 Å². The number of nitrogens with zero attached hydrogens (tertiary/aromatic N) is 3. The first kappa shape index (κ1) is 20.2. The van der Waals surface area contributed by atoms with Crippen molar-refractivity contribution in [2.75, 3.05) is 5.32 Å². The number of aromatic nitrogens is 2. The van der Waals surface area contributed by atoms with Crippen LogP contribution in [-0.2, 0) is 16.6 Å². The SMILES string of the molecule is O=c1c(C2=NS(=O)(=O)c3ccccc3N2)c(O)c2cc(Cl)cnc2n1Cc1ccccc1. The van der Waals surface area contributed by atoms with Crippen LogP contribution in [0.3, 0.4) is 0 Å². The maximum Gasteiger partial charge on any atom is 0.286 e. The Morgan fingerprint density at radius 3 is 2.56 bits per heavy atom. The number of hydrogen-bond acceptors (Lipinski definition) is 6. The quantitative estimate of drug-likeness (QED) is 0.478. The molecule has 10 heteroatoms. The van der Waals surface area contributed by atoms with Gasteiger partial charge in [-0.25, -0.2) is 4.98 Å². The standard InChI is InChI=1S/C22H15ClN4O4S/c23-14-10-15-19(28)18(20-25-16-8-4-5-9-17(16)32(30,31)26-20)22(29)27(21(15)24-11-14)12-13-6-2-1-3-7-13/h1-11,28H,12H2,(H,25,26). The molecule has 0 spiro atoms. The number of sulfonamides is 1. The summed E-state index contributed by atoms with van der Waals surface area (Å²) in [5, 5.41) is 14.3. The molecule has 0 bridgehead atoms. The van der Waals surface area contributed by atoms with Crippen LogP contribution in [0.2, 0.25) is 5.02 Å². The number of amidine groups is 1. The van der Waals surface area contributed by atoms with Crippen molar-refractivity contribution in [3.8, 4) is 5.75 Å². The smallest absolute Gasteiger partial charge is 0.286 e. The van der Waals surface area contributed by atoms with Crippen LogP contribution in [0, 0.1) is 0 Å². The highest BCUT2D eigenvalue weighted by Gasteiger charge is 2.30. The average molecular weight is 467 g/mol. The molecule has 4 aromatic rings. The number of nitrogens with one attached hydrogen (secondary N) is 1. The van der Waals surface area contributed by atoms with Gasteiger partial charge in [0.2, 0.25) is 0 Å². The van der Waals surface area contributed by atoms with Gasteiger partial charge in [-0.1, -0.05) is 54.1 Å². The van der Waals surface area contributed by atoms with Crippen LogP contribution in [0.25, 0.3) is 11.0 Å². The second-order valence-electron chi connectivity index (χ2n) is 7.16. The van der Waals surface area contributed by atoms with E-state index in [2.05, 4.69) is 14.7 Å². The molecule has 0 aliphatic carbocycles. The summed E-state index contributed by atoms with van der Waals surface area (Å²) in [6.45, 7) is 0.148. The van der Waals surface area contributed by atoms with E-state index < -0.39 is 21.3 Å². The molecule has 8 nitrogen and oxygen atoms in total. The fourth-order valence-electron chi connectivity index (χ4n) is 3.64. The van der Waals surface area contributed by atoms with Crippen molar-refractivity contribution in [3.63, 3.8) is 0 Å². The van der Waals surface area contributed by atoms with Crippen LogP contribution in [-0.4, -0.2) is 28.9 Å². The second-order valence-corrected chi connectivity index (χ2v) is 9.17. The number of halogens is 1. The molecule has 5 rings (SSSR count). The van der Waals surface area contributed by atoms with Gasteiger partial charge in [0.25, 0.3) is 15.6 Å². The van der Waals surface area contributed by atoms with Crippen molar-refractivity contribution in [3.05, 3.63) is 93.4 Å². The van der Waals surface area contributed by atoms with Gasteiger partial charge in [-0.15, -0.1) is 4.40 Å². The molecule has 3 heterocycles. The van der Waals surface area contributed by atoms with Crippen molar-refractivity contribution in [1.29, 1.82) is 0 Å². The summed E-state index contributed by atoms with van der Waals surface area (Å²) in [6, 6.07) is 16.9. The van der Waals surface area contributed by atoms with Crippen LogP contribution in [0.5, 0.6) is 5.75 Å². The fourth-order valence-corrected chi connectivity index (χ4v) is 4.92. The van der Waals surface area contributed by atoms with Crippen molar-refractivity contribution in [1.82, 2.24) is 9.55 Å². The molecule has 0 saturated carbocycles. The Morgan fingerprint density at radius 2 is 1.78 bits per heavy atom. The zero-order chi connectivity index (χ0) is 22.5. The summed E-state index contributed by atoms with van der Waals surface area (Å²) in [5.41, 5.74) is 0.366. The lowest BCUT2D eigenvalue weighted by molar-refractivity contribution is 0.477. The van der Waals surface area contributed by atoms with E-state index in [0.717, 1.165) is 5.56 Å². The second kappa shape index (κ2) is 7.47. The minimum Gasteiger partial charge on any atom is -0.506 e. The molecule has 1 aliphatic heterocycles. The Labute approximate surface area is 187 Å². The minimum absolute atomic E-state index is 0.0154. The van der Waals surface area contributed by atoms with Gasteiger partial charge < -0.3 is 10.4 Å². The van der Waals surface area contributed by atoms with E-state index in [0.29, 0.717) is 0 Å². The molecule has 0 radical (unpaired) electrons. The molecular weight excluding hydrogens is 452 g/mol. The number of fused-ring (bicyclic) bond motifs is 2. The highest BCUT2D eigenvalue weighted by atomic mass is 35.5. The van der Waals surface area contributed by atoms with Gasteiger partial charge in [0.1, 0.15) is 21.9 Å². The van der Waals surface area contributed by atoms with Crippen LogP contribution >= 0.6 is 11.6 Å². The maximum absolute atomic E-state index is 13.5. The number of hydrogen-bond donors (Lipinski definition) is 2. The monoisotopic (exact) mass is 466 g/mol. The predicted molar refractivity (Wildman–Crippen MR) is 122 cm³/mol. The summed E-state index contributed by atoms with van der Waals surface area (Å²) >= 11 is 6.09. The first-order valence-corrected chi connectivity index (χ1v) is 11.3. The van der Waals surface area contributed by atoms with Gasteiger partial charge in [-0.2, -0.15) is 8.42 Å². The van der Waals surface area contributed by atoms with E-state index in [-0.39, 0.29) is 44.6 Å². The van der Waals surface area contributed by atoms with Gasteiger partial charge in [0, 0.05) is 6.20 Å². The van der Waals surface area contributed by atoms with E-state index in [1.807, 2.05) is 30.3 Å². The van der Waals surface area contributed by atoms with Gasteiger partial charge in [0.05, 0.1) is 22.6 Å². The first-order chi connectivity index (χ1) is 15.3. The third-order valence-corrected chi connectivity index (χ3v) is 6.63. The molecule has 160 valence electrons. The lowest BCUT2D eigenvalue weighted by Crippen LogP contribution is -2.33. The third kappa shape index (κ3) is 3.31. The molecular formula is C22H15ClN4O4S.